The van der Waals surface area contributed by atoms with E-state index in [4.69, 9.17) is 10.5 Å². The van der Waals surface area contributed by atoms with Crippen LogP contribution < -0.4 is 5.73 Å². The van der Waals surface area contributed by atoms with Crippen LogP contribution in [0.15, 0.2) is 0 Å². The summed E-state index contributed by atoms with van der Waals surface area (Å²) in [5, 5.41) is 0. The minimum Gasteiger partial charge on any atom is -0.376 e. The minimum atomic E-state index is 0. The lowest BCUT2D eigenvalue weighted by Gasteiger charge is -2.25. The molecule has 2 bridgehead atoms. The molecule has 2 N–H and O–H groups in total. The Bertz CT molecular complexity index is 123. The number of hydrogen-bond acceptors (Lipinski definition) is 2. The summed E-state index contributed by atoms with van der Waals surface area (Å²) in [6.07, 6.45) is 5.40. The monoisotopic (exact) mass is 177 g/mol. The number of ether oxygens (including phenoxy) is 1. The molecule has 0 aromatic carbocycles. The third-order valence-corrected chi connectivity index (χ3v) is 2.79. The Morgan fingerprint density at radius 1 is 1.09 bits per heavy atom. The largest absolute Gasteiger partial charge is 0.376 e. The lowest BCUT2D eigenvalue weighted by molar-refractivity contribution is -0.00914. The standard InChI is InChI=1S/C8H15NO.ClH/c9-7-3-1-6-2-4-8(7)10-5-6;/h6-8H,1-5,9H2;1H. The van der Waals surface area contributed by atoms with E-state index in [1.807, 2.05) is 0 Å². The van der Waals surface area contributed by atoms with Gasteiger partial charge in [-0.25, -0.2) is 0 Å². The summed E-state index contributed by atoms with van der Waals surface area (Å²) in [4.78, 5) is 0. The minimum absolute atomic E-state index is 0. The molecule has 3 heteroatoms. The van der Waals surface area contributed by atoms with Crippen molar-refractivity contribution in [2.75, 3.05) is 6.61 Å². The second-order valence-corrected chi connectivity index (χ2v) is 3.56. The first kappa shape index (κ1) is 9.30. The SMILES string of the molecule is Cl.NC1CCC2CCC1OC2. The summed E-state index contributed by atoms with van der Waals surface area (Å²) in [5.74, 6) is 0.824. The van der Waals surface area contributed by atoms with E-state index in [0.717, 1.165) is 12.5 Å². The third kappa shape index (κ3) is 1.86. The van der Waals surface area contributed by atoms with Crippen LogP contribution in [0, 0.1) is 5.92 Å². The fourth-order valence-electron chi connectivity index (χ4n) is 2.01. The summed E-state index contributed by atoms with van der Waals surface area (Å²) < 4.78 is 5.59. The summed E-state index contributed by atoms with van der Waals surface area (Å²) in [5.41, 5.74) is 5.89. The highest BCUT2D eigenvalue weighted by molar-refractivity contribution is 5.85. The molecule has 0 aromatic heterocycles. The van der Waals surface area contributed by atoms with Crippen LogP contribution in [0.5, 0.6) is 0 Å². The summed E-state index contributed by atoms with van der Waals surface area (Å²) >= 11 is 0. The van der Waals surface area contributed by atoms with Crippen molar-refractivity contribution in [2.45, 2.75) is 37.8 Å². The van der Waals surface area contributed by atoms with Crippen LogP contribution in [-0.4, -0.2) is 18.8 Å². The molecular weight excluding hydrogens is 162 g/mol. The second kappa shape index (κ2) is 3.74. The number of rotatable bonds is 0. The van der Waals surface area contributed by atoms with Gasteiger partial charge < -0.3 is 10.5 Å². The maximum absolute atomic E-state index is 5.89. The van der Waals surface area contributed by atoms with E-state index in [1.54, 1.807) is 0 Å². The normalized spacial score (nSPS) is 42.8. The number of fused-ring (bicyclic) bond motifs is 4. The van der Waals surface area contributed by atoms with E-state index in [-0.39, 0.29) is 12.4 Å². The van der Waals surface area contributed by atoms with Crippen LogP contribution in [0.1, 0.15) is 25.7 Å². The Labute approximate surface area is 73.9 Å². The van der Waals surface area contributed by atoms with E-state index >= 15 is 0 Å². The zero-order chi connectivity index (χ0) is 6.97. The highest BCUT2D eigenvalue weighted by atomic mass is 35.5. The second-order valence-electron chi connectivity index (χ2n) is 3.56. The molecule has 11 heavy (non-hydrogen) atoms. The Balaban J connectivity index is 0.000000605. The van der Waals surface area contributed by atoms with Crippen molar-refractivity contribution in [3.63, 3.8) is 0 Å². The highest BCUT2D eigenvalue weighted by Crippen LogP contribution is 2.30. The van der Waals surface area contributed by atoms with Gasteiger partial charge in [0.2, 0.25) is 0 Å². The van der Waals surface area contributed by atoms with Gasteiger partial charge in [-0.2, -0.15) is 0 Å². The van der Waals surface area contributed by atoms with Crippen molar-refractivity contribution in [3.8, 4) is 0 Å². The Hall–Kier alpha value is 0.210. The molecule has 2 nitrogen and oxygen atoms in total. The van der Waals surface area contributed by atoms with Crippen molar-refractivity contribution in [2.24, 2.45) is 11.7 Å². The van der Waals surface area contributed by atoms with Crippen molar-refractivity contribution in [1.82, 2.24) is 0 Å². The first-order valence-corrected chi connectivity index (χ1v) is 4.23. The zero-order valence-corrected chi connectivity index (χ0v) is 7.48. The van der Waals surface area contributed by atoms with E-state index in [1.165, 1.54) is 25.7 Å². The maximum Gasteiger partial charge on any atom is 0.0726 e. The van der Waals surface area contributed by atoms with Gasteiger partial charge in [-0.3, -0.25) is 0 Å². The van der Waals surface area contributed by atoms with Crippen molar-refractivity contribution in [1.29, 1.82) is 0 Å². The molecule has 1 aliphatic carbocycles. The maximum atomic E-state index is 5.89. The Morgan fingerprint density at radius 3 is 2.45 bits per heavy atom. The highest BCUT2D eigenvalue weighted by Gasteiger charge is 2.30. The third-order valence-electron chi connectivity index (χ3n) is 2.79. The zero-order valence-electron chi connectivity index (χ0n) is 6.66. The average molecular weight is 178 g/mol. The fraction of sp³-hybridized carbons (Fsp3) is 1.00. The molecule has 0 amide bonds. The van der Waals surface area contributed by atoms with Gasteiger partial charge in [0.25, 0.3) is 0 Å². The van der Waals surface area contributed by atoms with Crippen LogP contribution in [0.4, 0.5) is 0 Å². The van der Waals surface area contributed by atoms with Gasteiger partial charge in [0.05, 0.1) is 6.10 Å². The van der Waals surface area contributed by atoms with Gasteiger partial charge in [-0.15, -0.1) is 12.4 Å². The molecule has 3 aliphatic rings. The van der Waals surface area contributed by atoms with Gasteiger partial charge in [0.1, 0.15) is 0 Å². The van der Waals surface area contributed by atoms with Gasteiger partial charge in [-0.1, -0.05) is 0 Å². The molecule has 2 saturated heterocycles. The van der Waals surface area contributed by atoms with Crippen molar-refractivity contribution < 1.29 is 4.74 Å². The van der Waals surface area contributed by atoms with E-state index in [2.05, 4.69) is 0 Å². The molecule has 2 aliphatic heterocycles. The lowest BCUT2D eigenvalue weighted by Crippen LogP contribution is -2.36. The molecule has 0 aromatic rings. The summed E-state index contributed by atoms with van der Waals surface area (Å²) in [6.45, 7) is 0.971. The van der Waals surface area contributed by atoms with Crippen LogP contribution in [0.2, 0.25) is 0 Å². The molecule has 1 saturated carbocycles. The first-order chi connectivity index (χ1) is 4.86. The topological polar surface area (TPSA) is 35.2 Å². The van der Waals surface area contributed by atoms with Crippen molar-refractivity contribution in [3.05, 3.63) is 0 Å². The predicted molar refractivity (Wildman–Crippen MR) is 46.9 cm³/mol. The van der Waals surface area contributed by atoms with E-state index < -0.39 is 0 Å². The molecule has 66 valence electrons. The molecule has 3 atom stereocenters. The summed E-state index contributed by atoms with van der Waals surface area (Å²) in [6, 6.07) is 0.326. The van der Waals surface area contributed by atoms with Crippen LogP contribution >= 0.6 is 12.4 Å². The Kier molecular flexibility index (Phi) is 3.16. The molecule has 3 fully saturated rings. The molecule has 0 spiro atoms. The molecule has 0 radical (unpaired) electrons. The smallest absolute Gasteiger partial charge is 0.0726 e. The van der Waals surface area contributed by atoms with E-state index in [0.29, 0.717) is 12.1 Å². The van der Waals surface area contributed by atoms with Gasteiger partial charge in [-0.05, 0) is 31.6 Å². The Morgan fingerprint density at radius 2 is 1.82 bits per heavy atom. The fourth-order valence-corrected chi connectivity index (χ4v) is 2.01. The molecule has 2 heterocycles. The molecule has 3 rings (SSSR count). The number of nitrogens with two attached hydrogens (primary N) is 1. The first-order valence-electron chi connectivity index (χ1n) is 4.23. The van der Waals surface area contributed by atoms with Gasteiger partial charge in [0, 0.05) is 12.6 Å². The molecular formula is C8H16ClNO. The van der Waals surface area contributed by atoms with E-state index in [9.17, 15) is 0 Å². The van der Waals surface area contributed by atoms with Crippen LogP contribution in [0.3, 0.4) is 0 Å². The number of halogens is 1. The molecule has 3 unspecified atom stereocenters. The summed E-state index contributed by atoms with van der Waals surface area (Å²) in [7, 11) is 0. The quantitative estimate of drug-likeness (QED) is 0.606. The van der Waals surface area contributed by atoms with Crippen LogP contribution in [0.25, 0.3) is 0 Å². The number of hydrogen-bond donors (Lipinski definition) is 1. The average Bonchev–Trinajstić information content (AvgIpc) is 2.24. The van der Waals surface area contributed by atoms with Crippen molar-refractivity contribution >= 4 is 12.4 Å². The van der Waals surface area contributed by atoms with Crippen LogP contribution in [-0.2, 0) is 4.74 Å². The lowest BCUT2D eigenvalue weighted by atomic mass is 10.00. The van der Waals surface area contributed by atoms with Gasteiger partial charge in [0.15, 0.2) is 0 Å². The van der Waals surface area contributed by atoms with Gasteiger partial charge >= 0.3 is 0 Å². The predicted octanol–water partition coefficient (Wildman–Crippen LogP) is 1.32.